The number of aliphatic hydroxyl groups is 1. The van der Waals surface area contributed by atoms with Crippen LogP contribution in [0.2, 0.25) is 0 Å². The summed E-state index contributed by atoms with van der Waals surface area (Å²) in [5, 5.41) is 9.38. The van der Waals surface area contributed by atoms with Crippen molar-refractivity contribution >= 4 is 5.69 Å². The Morgan fingerprint density at radius 3 is 2.67 bits per heavy atom. The molecular formula is C15H24N2O. The molecule has 0 spiro atoms. The van der Waals surface area contributed by atoms with Gasteiger partial charge in [-0.25, -0.2) is 0 Å². The Morgan fingerprint density at radius 2 is 2.06 bits per heavy atom. The van der Waals surface area contributed by atoms with Crippen LogP contribution in [-0.2, 0) is 6.61 Å². The van der Waals surface area contributed by atoms with Crippen LogP contribution in [0.15, 0.2) is 18.5 Å². The summed E-state index contributed by atoms with van der Waals surface area (Å²) in [6, 6.07) is 2.62. The Kier molecular flexibility index (Phi) is 4.59. The molecule has 1 heterocycles. The van der Waals surface area contributed by atoms with Crippen LogP contribution in [0, 0.1) is 5.92 Å². The maximum absolute atomic E-state index is 9.38. The highest BCUT2D eigenvalue weighted by Gasteiger charge is 2.24. The third-order valence-corrected chi connectivity index (χ3v) is 4.37. The van der Waals surface area contributed by atoms with Crippen molar-refractivity contribution in [3.8, 4) is 0 Å². The second-order valence-electron chi connectivity index (χ2n) is 5.36. The van der Waals surface area contributed by atoms with E-state index in [1.165, 1.54) is 32.1 Å². The molecular weight excluding hydrogens is 224 g/mol. The molecule has 0 atom stereocenters. The Bertz CT molecular complexity index is 373. The van der Waals surface area contributed by atoms with Gasteiger partial charge < -0.3 is 10.0 Å². The fourth-order valence-electron chi connectivity index (χ4n) is 3.02. The monoisotopic (exact) mass is 248 g/mol. The van der Waals surface area contributed by atoms with Crippen molar-refractivity contribution in [3.63, 3.8) is 0 Å². The Balaban J connectivity index is 2.05. The molecule has 18 heavy (non-hydrogen) atoms. The number of aromatic nitrogens is 1. The van der Waals surface area contributed by atoms with E-state index >= 15 is 0 Å². The first-order valence-corrected chi connectivity index (χ1v) is 7.02. The van der Waals surface area contributed by atoms with E-state index in [1.807, 2.05) is 12.3 Å². The van der Waals surface area contributed by atoms with E-state index in [4.69, 9.17) is 0 Å². The molecule has 0 saturated heterocycles. The fourth-order valence-corrected chi connectivity index (χ4v) is 3.02. The van der Waals surface area contributed by atoms with Gasteiger partial charge in [-0.05, 0) is 37.7 Å². The molecule has 0 aliphatic heterocycles. The fraction of sp³-hybridized carbons (Fsp3) is 0.667. The van der Waals surface area contributed by atoms with E-state index in [2.05, 4.69) is 23.9 Å². The Morgan fingerprint density at radius 1 is 1.33 bits per heavy atom. The minimum atomic E-state index is 0.0673. The van der Waals surface area contributed by atoms with Crippen LogP contribution < -0.4 is 4.90 Å². The van der Waals surface area contributed by atoms with Crippen LogP contribution in [0.4, 0.5) is 5.69 Å². The van der Waals surface area contributed by atoms with E-state index in [1.54, 1.807) is 6.20 Å². The molecule has 1 aliphatic rings. The van der Waals surface area contributed by atoms with Gasteiger partial charge in [-0.15, -0.1) is 0 Å². The molecule has 0 bridgehead atoms. The van der Waals surface area contributed by atoms with Gasteiger partial charge in [-0.1, -0.05) is 13.3 Å². The number of pyridine rings is 1. The predicted octanol–water partition coefficient (Wildman–Crippen LogP) is 2.98. The van der Waals surface area contributed by atoms with Crippen LogP contribution in [0.5, 0.6) is 0 Å². The van der Waals surface area contributed by atoms with Gasteiger partial charge in [-0.3, -0.25) is 4.98 Å². The molecule has 100 valence electrons. The first-order chi connectivity index (χ1) is 8.76. The van der Waals surface area contributed by atoms with Gasteiger partial charge in [0.05, 0.1) is 6.61 Å². The zero-order chi connectivity index (χ0) is 13.0. The Hall–Kier alpha value is -1.09. The quantitative estimate of drug-likeness (QED) is 0.890. The van der Waals surface area contributed by atoms with Gasteiger partial charge in [-0.2, -0.15) is 0 Å². The van der Waals surface area contributed by atoms with Crippen molar-refractivity contribution in [2.75, 3.05) is 11.9 Å². The minimum Gasteiger partial charge on any atom is -0.392 e. The SMILES string of the molecule is CCC1CCC(N(C)c2ccncc2CO)CC1. The van der Waals surface area contributed by atoms with E-state index in [-0.39, 0.29) is 6.61 Å². The zero-order valence-electron chi connectivity index (χ0n) is 11.5. The van der Waals surface area contributed by atoms with E-state index in [9.17, 15) is 5.11 Å². The zero-order valence-corrected chi connectivity index (χ0v) is 11.5. The topological polar surface area (TPSA) is 36.4 Å². The maximum Gasteiger partial charge on any atom is 0.0717 e. The molecule has 2 rings (SSSR count). The van der Waals surface area contributed by atoms with E-state index < -0.39 is 0 Å². The molecule has 3 heteroatoms. The lowest BCUT2D eigenvalue weighted by molar-refractivity contribution is 0.280. The molecule has 3 nitrogen and oxygen atoms in total. The second-order valence-corrected chi connectivity index (χ2v) is 5.36. The van der Waals surface area contributed by atoms with Gasteiger partial charge in [0.2, 0.25) is 0 Å². The molecule has 1 aliphatic carbocycles. The molecule has 1 N–H and O–H groups in total. The summed E-state index contributed by atoms with van der Waals surface area (Å²) in [4.78, 5) is 6.41. The first-order valence-electron chi connectivity index (χ1n) is 7.02. The lowest BCUT2D eigenvalue weighted by Crippen LogP contribution is -2.35. The minimum absolute atomic E-state index is 0.0673. The highest BCUT2D eigenvalue weighted by Crippen LogP contribution is 2.32. The summed E-state index contributed by atoms with van der Waals surface area (Å²) in [6.07, 6.45) is 10.1. The molecule has 0 radical (unpaired) electrons. The molecule has 1 saturated carbocycles. The van der Waals surface area contributed by atoms with E-state index in [0.29, 0.717) is 6.04 Å². The number of anilines is 1. The lowest BCUT2D eigenvalue weighted by Gasteiger charge is -2.36. The number of rotatable bonds is 4. The molecule has 1 aromatic rings. The Labute approximate surface area is 110 Å². The molecule has 0 aromatic carbocycles. The highest BCUT2D eigenvalue weighted by molar-refractivity contribution is 5.52. The third-order valence-electron chi connectivity index (χ3n) is 4.37. The van der Waals surface area contributed by atoms with Crippen molar-refractivity contribution in [2.24, 2.45) is 5.92 Å². The molecule has 0 amide bonds. The molecule has 0 unspecified atom stereocenters. The molecule has 1 fully saturated rings. The lowest BCUT2D eigenvalue weighted by atomic mass is 9.84. The van der Waals surface area contributed by atoms with Crippen molar-refractivity contribution in [2.45, 2.75) is 51.7 Å². The number of nitrogens with zero attached hydrogens (tertiary/aromatic N) is 2. The van der Waals surface area contributed by atoms with Gasteiger partial charge >= 0.3 is 0 Å². The summed E-state index contributed by atoms with van der Waals surface area (Å²) in [5.74, 6) is 0.921. The third kappa shape index (κ3) is 2.83. The van der Waals surface area contributed by atoms with Gasteiger partial charge in [0.15, 0.2) is 0 Å². The molecule has 1 aromatic heterocycles. The van der Waals surface area contributed by atoms with Crippen LogP contribution in [0.3, 0.4) is 0 Å². The summed E-state index contributed by atoms with van der Waals surface area (Å²) >= 11 is 0. The van der Waals surface area contributed by atoms with Crippen molar-refractivity contribution in [3.05, 3.63) is 24.0 Å². The predicted molar refractivity (Wildman–Crippen MR) is 74.6 cm³/mol. The summed E-state index contributed by atoms with van der Waals surface area (Å²) in [5.41, 5.74) is 2.06. The maximum atomic E-state index is 9.38. The largest absolute Gasteiger partial charge is 0.392 e. The van der Waals surface area contributed by atoms with Crippen molar-refractivity contribution in [1.82, 2.24) is 4.98 Å². The van der Waals surface area contributed by atoms with Crippen LogP contribution >= 0.6 is 0 Å². The summed E-state index contributed by atoms with van der Waals surface area (Å²) in [6.45, 7) is 2.36. The van der Waals surface area contributed by atoms with Crippen LogP contribution in [-0.4, -0.2) is 23.2 Å². The number of aliphatic hydroxyl groups excluding tert-OH is 1. The van der Waals surface area contributed by atoms with Crippen molar-refractivity contribution < 1.29 is 5.11 Å². The van der Waals surface area contributed by atoms with Gasteiger partial charge in [0, 0.05) is 36.7 Å². The first kappa shape index (κ1) is 13.3. The second kappa shape index (κ2) is 6.19. The van der Waals surface area contributed by atoms with Crippen LogP contribution in [0.1, 0.15) is 44.6 Å². The summed E-state index contributed by atoms with van der Waals surface area (Å²) < 4.78 is 0. The average molecular weight is 248 g/mol. The average Bonchev–Trinajstić information content (AvgIpc) is 2.46. The highest BCUT2D eigenvalue weighted by atomic mass is 16.3. The number of hydrogen-bond donors (Lipinski definition) is 1. The van der Waals surface area contributed by atoms with E-state index in [0.717, 1.165) is 17.2 Å². The van der Waals surface area contributed by atoms with Gasteiger partial charge in [0.25, 0.3) is 0 Å². The number of hydrogen-bond acceptors (Lipinski definition) is 3. The summed E-state index contributed by atoms with van der Waals surface area (Å²) in [7, 11) is 2.14. The standard InChI is InChI=1S/C15H24N2O/c1-3-12-4-6-14(7-5-12)17(2)15-8-9-16-10-13(15)11-18/h8-10,12,14,18H,3-7,11H2,1-2H3. The van der Waals surface area contributed by atoms with Crippen LogP contribution in [0.25, 0.3) is 0 Å². The van der Waals surface area contributed by atoms with Crippen molar-refractivity contribution in [1.29, 1.82) is 0 Å². The normalized spacial score (nSPS) is 23.9. The smallest absolute Gasteiger partial charge is 0.0717 e. The van der Waals surface area contributed by atoms with Gasteiger partial charge in [0.1, 0.15) is 0 Å².